The molecular weight excluding hydrogens is 530 g/mol. The summed E-state index contributed by atoms with van der Waals surface area (Å²) in [5.41, 5.74) is 5.12. The summed E-state index contributed by atoms with van der Waals surface area (Å²) in [5.74, 6) is 0.832. The van der Waals surface area contributed by atoms with Crippen LogP contribution in [0.25, 0.3) is 11.1 Å². The van der Waals surface area contributed by atoms with E-state index in [1.807, 2.05) is 91.9 Å². The molecule has 8 nitrogen and oxygen atoms in total. The van der Waals surface area contributed by atoms with Gasteiger partial charge >= 0.3 is 5.97 Å². The highest BCUT2D eigenvalue weighted by molar-refractivity contribution is 6.13. The lowest BCUT2D eigenvalue weighted by atomic mass is 9.97. The van der Waals surface area contributed by atoms with Crippen molar-refractivity contribution in [2.24, 2.45) is 0 Å². The number of benzene rings is 4. The minimum absolute atomic E-state index is 0.107. The van der Waals surface area contributed by atoms with Crippen molar-refractivity contribution in [3.63, 3.8) is 0 Å². The van der Waals surface area contributed by atoms with E-state index in [0.29, 0.717) is 48.8 Å². The Hall–Kier alpha value is -4.95. The van der Waals surface area contributed by atoms with Crippen LogP contribution in [-0.4, -0.2) is 43.0 Å². The predicted molar refractivity (Wildman–Crippen MR) is 162 cm³/mol. The zero-order valence-electron chi connectivity index (χ0n) is 23.6. The normalized spacial score (nSPS) is 11.7. The molecular formula is C34H33N3O5. The Kier molecular flexibility index (Phi) is 9.26. The molecule has 4 aromatic carbocycles. The molecule has 1 unspecified atom stereocenters. The van der Waals surface area contributed by atoms with Crippen LogP contribution in [0.1, 0.15) is 32.9 Å². The highest BCUT2D eigenvalue weighted by atomic mass is 16.5. The van der Waals surface area contributed by atoms with E-state index in [-0.39, 0.29) is 5.78 Å². The second-order valence-electron chi connectivity index (χ2n) is 9.86. The number of fused-ring (bicyclic) bond motifs is 1. The van der Waals surface area contributed by atoms with Gasteiger partial charge in [-0.25, -0.2) is 9.78 Å². The van der Waals surface area contributed by atoms with Crippen molar-refractivity contribution in [1.29, 1.82) is 0 Å². The first-order chi connectivity index (χ1) is 20.5. The Morgan fingerprint density at radius 3 is 2.36 bits per heavy atom. The van der Waals surface area contributed by atoms with Gasteiger partial charge in [0.25, 0.3) is 0 Å². The van der Waals surface area contributed by atoms with E-state index in [2.05, 4.69) is 15.6 Å². The third-order valence-electron chi connectivity index (χ3n) is 6.90. The molecule has 42 heavy (non-hydrogen) atoms. The molecule has 0 aliphatic heterocycles. The number of nitrogens with zero attached hydrogens (tertiary/aromatic N) is 1. The Balaban J connectivity index is 1.16. The molecule has 0 fully saturated rings. The minimum atomic E-state index is -0.691. The fourth-order valence-corrected chi connectivity index (χ4v) is 4.69. The number of para-hydroxylation sites is 3. The van der Waals surface area contributed by atoms with E-state index in [9.17, 15) is 9.59 Å². The molecule has 8 heteroatoms. The molecule has 5 rings (SSSR count). The monoisotopic (exact) mass is 563 g/mol. The van der Waals surface area contributed by atoms with Gasteiger partial charge in [0.1, 0.15) is 23.9 Å². The van der Waals surface area contributed by atoms with E-state index in [4.69, 9.17) is 13.9 Å². The van der Waals surface area contributed by atoms with E-state index in [1.54, 1.807) is 12.1 Å². The van der Waals surface area contributed by atoms with Crippen LogP contribution in [0.4, 0.5) is 5.69 Å². The molecule has 0 spiro atoms. The van der Waals surface area contributed by atoms with Crippen LogP contribution in [-0.2, 0) is 22.5 Å². The van der Waals surface area contributed by atoms with Crippen LogP contribution in [0.15, 0.2) is 101 Å². The number of hydrogen-bond acceptors (Lipinski definition) is 8. The van der Waals surface area contributed by atoms with E-state index >= 15 is 0 Å². The lowest BCUT2D eigenvalue weighted by molar-refractivity contribution is -0.141. The summed E-state index contributed by atoms with van der Waals surface area (Å²) < 4.78 is 16.7. The van der Waals surface area contributed by atoms with Gasteiger partial charge in [-0.1, -0.05) is 60.7 Å². The van der Waals surface area contributed by atoms with Crippen LogP contribution >= 0.6 is 0 Å². The first-order valence-electron chi connectivity index (χ1n) is 13.8. The molecule has 1 heterocycles. The number of methoxy groups -OCH3 is 1. The molecule has 0 aliphatic rings. The van der Waals surface area contributed by atoms with Gasteiger partial charge in [0.15, 0.2) is 11.4 Å². The SMILES string of the molecule is COC(=O)C(Cc1ccc(OCCNCc2nc3ccccc3o2)cc1)Nc1ccccc1C(=O)c1ccccc1C. The number of ketones is 1. The van der Waals surface area contributed by atoms with E-state index < -0.39 is 12.0 Å². The second-order valence-corrected chi connectivity index (χ2v) is 9.86. The summed E-state index contributed by atoms with van der Waals surface area (Å²) in [7, 11) is 1.36. The molecule has 1 aromatic heterocycles. The lowest BCUT2D eigenvalue weighted by Gasteiger charge is -2.20. The standard InChI is InChI=1S/C34H33N3O5/c1-23-9-3-4-10-26(23)33(38)27-11-5-6-12-28(27)36-30(34(39)40-2)21-24-15-17-25(18-16-24)41-20-19-35-22-32-37-29-13-7-8-14-31(29)42-32/h3-18,30,35-36H,19-22H2,1-2H3. The largest absolute Gasteiger partial charge is 0.492 e. The van der Waals surface area contributed by atoms with E-state index in [1.165, 1.54) is 7.11 Å². The average molecular weight is 564 g/mol. The fourth-order valence-electron chi connectivity index (χ4n) is 4.69. The number of ether oxygens (including phenoxy) is 2. The summed E-state index contributed by atoms with van der Waals surface area (Å²) in [6.45, 7) is 3.51. The predicted octanol–water partition coefficient (Wildman–Crippen LogP) is 5.73. The highest BCUT2D eigenvalue weighted by Gasteiger charge is 2.23. The molecule has 2 N–H and O–H groups in total. The van der Waals surface area contributed by atoms with Crippen LogP contribution in [0.2, 0.25) is 0 Å². The minimum Gasteiger partial charge on any atom is -0.492 e. The summed E-state index contributed by atoms with van der Waals surface area (Å²) in [4.78, 5) is 30.5. The van der Waals surface area contributed by atoms with Crippen molar-refractivity contribution >= 4 is 28.5 Å². The maximum Gasteiger partial charge on any atom is 0.328 e. The number of nitrogens with one attached hydrogen (secondary N) is 2. The highest BCUT2D eigenvalue weighted by Crippen LogP contribution is 2.23. The molecule has 0 aliphatic carbocycles. The second kappa shape index (κ2) is 13.6. The molecule has 0 bridgehead atoms. The smallest absolute Gasteiger partial charge is 0.328 e. The molecule has 0 saturated carbocycles. The zero-order chi connectivity index (χ0) is 29.3. The lowest BCUT2D eigenvalue weighted by Crippen LogP contribution is -2.33. The molecule has 0 radical (unpaired) electrons. The molecule has 0 amide bonds. The van der Waals surface area contributed by atoms with Gasteiger partial charge < -0.3 is 24.5 Å². The summed E-state index contributed by atoms with van der Waals surface area (Å²) >= 11 is 0. The zero-order valence-corrected chi connectivity index (χ0v) is 23.6. The maximum atomic E-state index is 13.4. The number of esters is 1. The maximum absolute atomic E-state index is 13.4. The van der Waals surface area contributed by atoms with Gasteiger partial charge in [-0.3, -0.25) is 4.79 Å². The molecule has 5 aromatic rings. The van der Waals surface area contributed by atoms with Gasteiger partial charge in [-0.05, 0) is 54.4 Å². The third kappa shape index (κ3) is 7.03. The number of anilines is 1. The number of carbonyl (C=O) groups is 2. The average Bonchev–Trinajstić information content (AvgIpc) is 3.44. The van der Waals surface area contributed by atoms with Crippen molar-refractivity contribution in [2.45, 2.75) is 25.9 Å². The number of oxazole rings is 1. The Bertz CT molecular complexity index is 1630. The number of carbonyl (C=O) groups excluding carboxylic acids is 2. The van der Waals surface area contributed by atoms with Gasteiger partial charge in [0.2, 0.25) is 5.89 Å². The first kappa shape index (κ1) is 28.6. The van der Waals surface area contributed by atoms with Crippen LogP contribution < -0.4 is 15.4 Å². The van der Waals surface area contributed by atoms with E-state index in [0.717, 1.165) is 28.0 Å². The fraction of sp³-hybridized carbons (Fsp3) is 0.206. The molecule has 214 valence electrons. The van der Waals surface area contributed by atoms with Gasteiger partial charge in [-0.15, -0.1) is 0 Å². The first-order valence-corrected chi connectivity index (χ1v) is 13.8. The molecule has 0 saturated heterocycles. The number of aromatic nitrogens is 1. The van der Waals surface area contributed by atoms with Crippen LogP contribution in [0.5, 0.6) is 5.75 Å². The molecule has 1 atom stereocenters. The van der Waals surface area contributed by atoms with Gasteiger partial charge in [-0.2, -0.15) is 0 Å². The van der Waals surface area contributed by atoms with Crippen molar-refractivity contribution < 1.29 is 23.5 Å². The Labute approximate surface area is 244 Å². The van der Waals surface area contributed by atoms with Crippen molar-refractivity contribution in [1.82, 2.24) is 10.3 Å². The number of hydrogen-bond donors (Lipinski definition) is 2. The van der Waals surface area contributed by atoms with Gasteiger partial charge in [0.05, 0.1) is 13.7 Å². The Morgan fingerprint density at radius 2 is 1.60 bits per heavy atom. The van der Waals surface area contributed by atoms with Crippen LogP contribution in [0, 0.1) is 6.92 Å². The Morgan fingerprint density at radius 1 is 0.881 bits per heavy atom. The third-order valence-corrected chi connectivity index (χ3v) is 6.90. The van der Waals surface area contributed by atoms with Crippen molar-refractivity contribution in [3.8, 4) is 5.75 Å². The topological polar surface area (TPSA) is 103 Å². The summed E-state index contributed by atoms with van der Waals surface area (Å²) in [6.07, 6.45) is 0.367. The summed E-state index contributed by atoms with van der Waals surface area (Å²) in [5, 5.41) is 6.53. The van der Waals surface area contributed by atoms with Crippen LogP contribution in [0.3, 0.4) is 0 Å². The summed E-state index contributed by atoms with van der Waals surface area (Å²) in [6, 6.07) is 29.2. The van der Waals surface area contributed by atoms with Crippen molar-refractivity contribution in [3.05, 3.63) is 125 Å². The number of aryl methyl sites for hydroxylation is 1. The van der Waals surface area contributed by atoms with Gasteiger partial charge in [0, 0.05) is 29.8 Å². The quantitative estimate of drug-likeness (QED) is 0.106. The van der Waals surface area contributed by atoms with Crippen molar-refractivity contribution in [2.75, 3.05) is 25.6 Å². The number of rotatable bonds is 13.